The van der Waals surface area contributed by atoms with Gasteiger partial charge in [0.05, 0.1) is 4.92 Å². The highest BCUT2D eigenvalue weighted by Crippen LogP contribution is 2.28. The Morgan fingerprint density at radius 3 is 2.71 bits per heavy atom. The van der Waals surface area contributed by atoms with Crippen LogP contribution < -0.4 is 5.73 Å². The van der Waals surface area contributed by atoms with Gasteiger partial charge in [-0.1, -0.05) is 12.1 Å². The summed E-state index contributed by atoms with van der Waals surface area (Å²) in [5, 5.41) is 10.6. The SMILES string of the molecule is NC=CCc1ccc([N+](=O)[O-])c(N=S(=O)=O)c1. The summed E-state index contributed by atoms with van der Waals surface area (Å²) in [5.41, 5.74) is 5.30. The molecule has 0 aromatic heterocycles. The molecule has 0 aliphatic heterocycles. The van der Waals surface area contributed by atoms with Gasteiger partial charge in [0.25, 0.3) is 5.69 Å². The van der Waals surface area contributed by atoms with Crippen LogP contribution in [0.3, 0.4) is 0 Å². The summed E-state index contributed by atoms with van der Waals surface area (Å²) in [4.78, 5) is 9.95. The molecule has 0 spiro atoms. The molecular weight excluding hydrogens is 246 g/mol. The maximum atomic E-state index is 10.6. The average Bonchev–Trinajstić information content (AvgIpc) is 2.25. The number of nitro benzene ring substituents is 1. The molecule has 17 heavy (non-hydrogen) atoms. The molecule has 8 heteroatoms. The predicted octanol–water partition coefficient (Wildman–Crippen LogP) is 1.30. The monoisotopic (exact) mass is 255 g/mol. The zero-order valence-electron chi connectivity index (χ0n) is 8.61. The van der Waals surface area contributed by atoms with E-state index in [4.69, 9.17) is 5.73 Å². The van der Waals surface area contributed by atoms with Crippen molar-refractivity contribution in [3.63, 3.8) is 0 Å². The maximum absolute atomic E-state index is 10.6. The Balaban J connectivity index is 3.28. The first-order valence-electron chi connectivity index (χ1n) is 4.49. The van der Waals surface area contributed by atoms with Crippen LogP contribution in [0, 0.1) is 10.1 Å². The highest BCUT2D eigenvalue weighted by Gasteiger charge is 2.13. The normalized spacial score (nSPS) is 10.4. The van der Waals surface area contributed by atoms with Crippen LogP contribution >= 0.6 is 0 Å². The average molecular weight is 255 g/mol. The lowest BCUT2D eigenvalue weighted by Crippen LogP contribution is -1.90. The fourth-order valence-electron chi connectivity index (χ4n) is 1.21. The molecule has 90 valence electrons. The van der Waals surface area contributed by atoms with Crippen molar-refractivity contribution in [1.29, 1.82) is 0 Å². The second kappa shape index (κ2) is 5.75. The van der Waals surface area contributed by atoms with Crippen molar-refractivity contribution < 1.29 is 13.3 Å². The van der Waals surface area contributed by atoms with Crippen molar-refractivity contribution in [2.45, 2.75) is 6.42 Å². The Hall–Kier alpha value is -2.22. The van der Waals surface area contributed by atoms with E-state index in [1.807, 2.05) is 0 Å². The Morgan fingerprint density at radius 2 is 2.18 bits per heavy atom. The molecule has 0 aliphatic carbocycles. The molecule has 0 amide bonds. The van der Waals surface area contributed by atoms with E-state index in [1.165, 1.54) is 24.4 Å². The zero-order chi connectivity index (χ0) is 12.8. The van der Waals surface area contributed by atoms with Crippen LogP contribution in [0.2, 0.25) is 0 Å². The molecule has 0 saturated heterocycles. The van der Waals surface area contributed by atoms with Gasteiger partial charge < -0.3 is 5.73 Å². The molecule has 0 radical (unpaired) electrons. The third-order valence-electron chi connectivity index (χ3n) is 1.90. The summed E-state index contributed by atoms with van der Waals surface area (Å²) < 4.78 is 24.1. The van der Waals surface area contributed by atoms with E-state index < -0.39 is 15.4 Å². The van der Waals surface area contributed by atoms with Crippen LogP contribution in [0.4, 0.5) is 11.4 Å². The number of rotatable bonds is 4. The third kappa shape index (κ3) is 3.68. The van der Waals surface area contributed by atoms with Gasteiger partial charge in [0.2, 0.25) is 0 Å². The highest BCUT2D eigenvalue weighted by atomic mass is 32.2. The minimum atomic E-state index is -2.73. The Morgan fingerprint density at radius 1 is 1.47 bits per heavy atom. The van der Waals surface area contributed by atoms with E-state index in [-0.39, 0.29) is 11.4 Å². The molecule has 0 saturated carbocycles. The van der Waals surface area contributed by atoms with E-state index in [2.05, 4.69) is 4.36 Å². The standard InChI is InChI=1S/C9H9N3O4S/c10-5-1-2-7-3-4-9(12(13)14)8(6-7)11-17(15)16/h1,3-6H,2,10H2. The third-order valence-corrected chi connectivity index (χ3v) is 2.24. The summed E-state index contributed by atoms with van der Waals surface area (Å²) in [5.74, 6) is 0. The Bertz CT molecular complexity index is 584. The quantitative estimate of drug-likeness (QED) is 0.643. The van der Waals surface area contributed by atoms with Gasteiger partial charge in [0.15, 0.2) is 5.69 Å². The lowest BCUT2D eigenvalue weighted by molar-refractivity contribution is -0.384. The fourth-order valence-corrected chi connectivity index (χ4v) is 1.51. The number of benzene rings is 1. The maximum Gasteiger partial charge on any atom is 0.316 e. The van der Waals surface area contributed by atoms with E-state index in [0.717, 1.165) is 0 Å². The predicted molar refractivity (Wildman–Crippen MR) is 61.1 cm³/mol. The van der Waals surface area contributed by atoms with Crippen molar-refractivity contribution in [2.24, 2.45) is 10.1 Å². The van der Waals surface area contributed by atoms with Crippen LogP contribution in [0.5, 0.6) is 0 Å². The largest absolute Gasteiger partial charge is 0.405 e. The van der Waals surface area contributed by atoms with Crippen LogP contribution in [0.1, 0.15) is 5.56 Å². The van der Waals surface area contributed by atoms with Crippen LogP contribution in [0.15, 0.2) is 34.8 Å². The lowest BCUT2D eigenvalue weighted by atomic mass is 10.1. The minimum Gasteiger partial charge on any atom is -0.405 e. The van der Waals surface area contributed by atoms with Gasteiger partial charge in [0.1, 0.15) is 0 Å². The molecule has 1 aromatic carbocycles. The number of allylic oxidation sites excluding steroid dienone is 1. The van der Waals surface area contributed by atoms with Crippen LogP contribution in [0.25, 0.3) is 0 Å². The molecule has 0 aliphatic rings. The van der Waals surface area contributed by atoms with Gasteiger partial charge in [-0.3, -0.25) is 10.1 Å². The van der Waals surface area contributed by atoms with Gasteiger partial charge in [-0.25, -0.2) is 0 Å². The molecular formula is C9H9N3O4S. The summed E-state index contributed by atoms with van der Waals surface area (Å²) in [6, 6.07) is 4.07. The van der Waals surface area contributed by atoms with Crippen LogP contribution in [-0.4, -0.2) is 13.3 Å². The smallest absolute Gasteiger partial charge is 0.316 e. The molecule has 0 unspecified atom stereocenters. The van der Waals surface area contributed by atoms with E-state index in [9.17, 15) is 18.5 Å². The summed E-state index contributed by atoms with van der Waals surface area (Å²) in [7, 11) is -2.73. The van der Waals surface area contributed by atoms with E-state index in [0.29, 0.717) is 12.0 Å². The molecule has 0 fully saturated rings. The van der Waals surface area contributed by atoms with Gasteiger partial charge in [-0.15, -0.1) is 4.36 Å². The van der Waals surface area contributed by atoms with Gasteiger partial charge in [-0.2, -0.15) is 8.42 Å². The first-order chi connectivity index (χ1) is 8.04. The summed E-state index contributed by atoms with van der Waals surface area (Å²) in [6.45, 7) is 0. The van der Waals surface area contributed by atoms with Crippen molar-refractivity contribution in [2.75, 3.05) is 0 Å². The first kappa shape index (κ1) is 12.8. The molecule has 0 heterocycles. The highest BCUT2D eigenvalue weighted by molar-refractivity contribution is 7.61. The van der Waals surface area contributed by atoms with Crippen molar-refractivity contribution >= 4 is 21.9 Å². The van der Waals surface area contributed by atoms with Crippen LogP contribution in [-0.2, 0) is 16.9 Å². The second-order valence-corrected chi connectivity index (χ2v) is 3.64. The molecule has 0 bridgehead atoms. The molecule has 0 atom stereocenters. The van der Waals surface area contributed by atoms with Gasteiger partial charge in [-0.05, 0) is 24.3 Å². The molecule has 2 N–H and O–H groups in total. The molecule has 1 rings (SSSR count). The number of nitrogens with two attached hydrogens (primary N) is 1. The zero-order valence-corrected chi connectivity index (χ0v) is 9.42. The Kier molecular flexibility index (Phi) is 4.35. The number of nitro groups is 1. The first-order valence-corrected chi connectivity index (χ1v) is 5.53. The second-order valence-electron chi connectivity index (χ2n) is 3.02. The minimum absolute atomic E-state index is 0.189. The summed E-state index contributed by atoms with van der Waals surface area (Å²) in [6.07, 6.45) is 3.42. The number of nitrogens with zero attached hydrogens (tertiary/aromatic N) is 2. The van der Waals surface area contributed by atoms with Crippen molar-refractivity contribution in [1.82, 2.24) is 0 Å². The lowest BCUT2D eigenvalue weighted by Gasteiger charge is -1.99. The van der Waals surface area contributed by atoms with Gasteiger partial charge in [0, 0.05) is 6.07 Å². The van der Waals surface area contributed by atoms with Gasteiger partial charge >= 0.3 is 10.5 Å². The van der Waals surface area contributed by atoms with Crippen molar-refractivity contribution in [3.05, 3.63) is 46.2 Å². The molecule has 7 nitrogen and oxygen atoms in total. The van der Waals surface area contributed by atoms with E-state index >= 15 is 0 Å². The summed E-state index contributed by atoms with van der Waals surface area (Å²) >= 11 is 0. The topological polar surface area (TPSA) is 116 Å². The van der Waals surface area contributed by atoms with Crippen molar-refractivity contribution in [3.8, 4) is 0 Å². The fraction of sp³-hybridized carbons (Fsp3) is 0.111. The number of hydrogen-bond acceptors (Lipinski definition) is 6. The van der Waals surface area contributed by atoms with E-state index in [1.54, 1.807) is 6.08 Å². The molecule has 1 aromatic rings. The Labute approximate surface area is 98.4 Å². The number of hydrogen-bond donors (Lipinski definition) is 1.